The number of carbonyl (C=O) groups excluding carboxylic acids is 1. The van der Waals surface area contributed by atoms with Crippen molar-refractivity contribution in [3.63, 3.8) is 0 Å². The summed E-state index contributed by atoms with van der Waals surface area (Å²) in [6, 6.07) is 0.444. The summed E-state index contributed by atoms with van der Waals surface area (Å²) in [7, 11) is 0. The van der Waals surface area contributed by atoms with Crippen LogP contribution in [0.4, 0.5) is 139 Å². The van der Waals surface area contributed by atoms with Crippen LogP contribution in [0.25, 0.3) is 0 Å². The van der Waals surface area contributed by atoms with Gasteiger partial charge in [0.05, 0.1) is 15.9 Å². The van der Waals surface area contributed by atoms with E-state index in [-0.39, 0.29) is 31.7 Å². The van der Waals surface area contributed by atoms with Crippen molar-refractivity contribution in [1.82, 2.24) is 0 Å². The highest BCUT2D eigenvalue weighted by Gasteiger charge is 3.00. The molecular formula is C28H16F28N2O7. The lowest BCUT2D eigenvalue weighted by atomic mass is 9.83. The van der Waals surface area contributed by atoms with E-state index < -0.39 is 135 Å². The van der Waals surface area contributed by atoms with Crippen LogP contribution in [0.5, 0.6) is 5.75 Å². The maximum absolute atomic E-state index is 14.4. The van der Waals surface area contributed by atoms with Crippen LogP contribution in [-0.2, 0) is 4.74 Å². The van der Waals surface area contributed by atoms with Crippen LogP contribution in [0.2, 0.25) is 0 Å². The number of hydrogen-bond acceptors (Lipinski definition) is 7. The van der Waals surface area contributed by atoms with Crippen molar-refractivity contribution >= 4 is 17.5 Å². The first kappa shape index (κ1) is 56.5. The van der Waals surface area contributed by atoms with Crippen LogP contribution in [0.15, 0.2) is 12.1 Å². The molecule has 376 valence electrons. The Bertz CT molecular complexity index is 1970. The van der Waals surface area contributed by atoms with E-state index in [1.54, 1.807) is 0 Å². The molecule has 2 rings (SSSR count). The van der Waals surface area contributed by atoms with Gasteiger partial charge in [-0.3, -0.25) is 20.2 Å². The molecule has 0 N–H and O–H groups in total. The van der Waals surface area contributed by atoms with Gasteiger partial charge in [0.25, 0.3) is 5.69 Å². The molecule has 1 saturated carbocycles. The number of nitro groups is 2. The van der Waals surface area contributed by atoms with E-state index in [0.29, 0.717) is 12.5 Å². The molecule has 1 aromatic carbocycles. The van der Waals surface area contributed by atoms with Gasteiger partial charge in [0.15, 0.2) is 6.61 Å². The first-order valence-electron chi connectivity index (χ1n) is 16.0. The van der Waals surface area contributed by atoms with Gasteiger partial charge in [-0.05, 0) is 18.8 Å². The lowest BCUT2D eigenvalue weighted by molar-refractivity contribution is -0.483. The molecular weight excluding hydrogens is 1010 g/mol. The van der Waals surface area contributed by atoms with Crippen molar-refractivity contribution in [2.45, 2.75) is 121 Å². The summed E-state index contributed by atoms with van der Waals surface area (Å²) < 4.78 is 395. The number of ether oxygens (including phenoxy) is 2. The minimum atomic E-state index is -10.0. The maximum Gasteiger partial charge on any atom is 0.514 e. The summed E-state index contributed by atoms with van der Waals surface area (Å²) in [4.78, 5) is 32.1. The molecule has 0 spiro atoms. The molecule has 0 aliphatic heterocycles. The van der Waals surface area contributed by atoms with Crippen LogP contribution in [0.3, 0.4) is 0 Å². The Balaban J connectivity index is 2.62. The van der Waals surface area contributed by atoms with Crippen LogP contribution in [0, 0.1) is 20.2 Å². The normalized spacial score (nSPS) is 16.8. The zero-order valence-corrected chi connectivity index (χ0v) is 29.9. The van der Waals surface area contributed by atoms with Crippen molar-refractivity contribution in [3.05, 3.63) is 37.9 Å². The fraction of sp³-hybridized carbons (Fsp3) is 0.750. The smallest absolute Gasteiger partial charge is 0.427 e. The van der Waals surface area contributed by atoms with E-state index in [9.17, 15) is 148 Å². The summed E-state index contributed by atoms with van der Waals surface area (Å²) in [5.41, 5.74) is -3.52. The second-order valence-corrected chi connectivity index (χ2v) is 13.3. The largest absolute Gasteiger partial charge is 0.514 e. The maximum atomic E-state index is 14.4. The average Bonchev–Trinajstić information content (AvgIpc) is 3.16. The summed E-state index contributed by atoms with van der Waals surface area (Å²) in [6.45, 7) is -4.02. The molecule has 1 aliphatic carbocycles. The average molecular weight is 1020 g/mol. The zero-order valence-electron chi connectivity index (χ0n) is 29.9. The van der Waals surface area contributed by atoms with Crippen molar-refractivity contribution in [3.8, 4) is 5.75 Å². The second kappa shape index (κ2) is 16.6. The summed E-state index contributed by atoms with van der Waals surface area (Å²) >= 11 is 0. The minimum Gasteiger partial charge on any atom is -0.427 e. The molecule has 0 radical (unpaired) electrons. The highest BCUT2D eigenvalue weighted by molar-refractivity contribution is 5.70. The topological polar surface area (TPSA) is 122 Å². The van der Waals surface area contributed by atoms with Gasteiger partial charge >= 0.3 is 95.3 Å². The lowest BCUT2D eigenvalue weighted by Gasteiger charge is -2.46. The number of rotatable bonds is 19. The van der Waals surface area contributed by atoms with E-state index in [1.807, 2.05) is 0 Å². The third-order valence-electron chi connectivity index (χ3n) is 9.19. The molecule has 9 nitrogen and oxygen atoms in total. The Morgan fingerprint density at radius 3 is 1.20 bits per heavy atom. The van der Waals surface area contributed by atoms with Crippen molar-refractivity contribution < 1.29 is 147 Å². The van der Waals surface area contributed by atoms with Gasteiger partial charge in [-0.1, -0.05) is 19.3 Å². The molecule has 0 unspecified atom stereocenters. The van der Waals surface area contributed by atoms with Gasteiger partial charge in [0, 0.05) is 11.6 Å². The Kier molecular flexibility index (Phi) is 14.4. The Morgan fingerprint density at radius 2 is 0.877 bits per heavy atom. The van der Waals surface area contributed by atoms with Crippen molar-refractivity contribution in [2.75, 3.05) is 6.61 Å². The van der Waals surface area contributed by atoms with Crippen molar-refractivity contribution in [1.29, 1.82) is 0 Å². The number of halogens is 28. The van der Waals surface area contributed by atoms with Crippen LogP contribution < -0.4 is 4.74 Å². The van der Waals surface area contributed by atoms with E-state index in [2.05, 4.69) is 9.47 Å². The molecule has 1 aromatic rings. The molecule has 0 amide bonds. The molecule has 1 aliphatic rings. The summed E-state index contributed by atoms with van der Waals surface area (Å²) in [6.07, 6.45) is -8.72. The molecule has 0 saturated heterocycles. The summed E-state index contributed by atoms with van der Waals surface area (Å²) in [5.74, 6) is -124. The van der Waals surface area contributed by atoms with Crippen molar-refractivity contribution in [2.24, 2.45) is 0 Å². The third kappa shape index (κ3) is 8.08. The molecule has 0 heterocycles. The number of non-ortho nitro benzene ring substituents is 1. The number of alkyl halides is 28. The fourth-order valence-electron chi connectivity index (χ4n) is 5.39. The Morgan fingerprint density at radius 1 is 0.538 bits per heavy atom. The number of nitrogens with zero attached hydrogens (tertiary/aromatic N) is 2. The highest BCUT2D eigenvalue weighted by atomic mass is 19.4. The molecule has 1 fully saturated rings. The van der Waals surface area contributed by atoms with Gasteiger partial charge in [-0.2, -0.15) is 114 Å². The molecule has 0 aromatic heterocycles. The van der Waals surface area contributed by atoms with E-state index in [0.717, 1.165) is 0 Å². The van der Waals surface area contributed by atoms with E-state index in [1.165, 1.54) is 0 Å². The second-order valence-electron chi connectivity index (χ2n) is 13.3. The predicted molar refractivity (Wildman–Crippen MR) is 148 cm³/mol. The number of hydrogen-bond donors (Lipinski definition) is 0. The van der Waals surface area contributed by atoms with Crippen LogP contribution in [0.1, 0.15) is 43.6 Å². The number of benzene rings is 1. The Hall–Kier alpha value is -4.67. The SMILES string of the molecule is O=C(OCC(F)(F)C(F)(F)C(F)(F)C(F)(F)C(F)(F)C(F)(F)C(F)(F)C(F)(F)C(F)(F)C(F)(F)C(F)(F)C(F)(F)C(F)(F)C(F)F)Oc1c(C2CCCCC2)cc([N+](=O)[O-])cc1[N+](=O)[O-]. The van der Waals surface area contributed by atoms with Crippen LogP contribution in [-0.4, -0.2) is 106 Å². The Labute approximate surface area is 337 Å². The van der Waals surface area contributed by atoms with Gasteiger partial charge in [0.2, 0.25) is 5.75 Å². The van der Waals surface area contributed by atoms with E-state index in [4.69, 9.17) is 0 Å². The molecule has 0 atom stereocenters. The van der Waals surface area contributed by atoms with Crippen LogP contribution >= 0.6 is 0 Å². The summed E-state index contributed by atoms with van der Waals surface area (Å²) in [5, 5.41) is 22.8. The standard InChI is InChI=1S/C28H16F28N2O7/c29-14(30)17(33,34)19(37,38)21(41,42)23(45,46)25(49,50)27(53,54)28(55,56)26(51,52)24(47,48)22(43,44)20(39,40)18(35,36)16(31,32)8-64-15(59)65-13-11(9-4-2-1-3-5-9)6-10(57(60)61)7-12(13)58(62)63/h6-7,9,14H,1-5,8H2. The third-order valence-corrected chi connectivity index (χ3v) is 9.19. The van der Waals surface area contributed by atoms with E-state index >= 15 is 0 Å². The first-order chi connectivity index (χ1) is 28.5. The molecule has 65 heavy (non-hydrogen) atoms. The minimum absolute atomic E-state index is 0.00568. The fourth-order valence-corrected chi connectivity index (χ4v) is 5.39. The highest BCUT2D eigenvalue weighted by Crippen LogP contribution is 2.68. The predicted octanol–water partition coefficient (Wildman–Crippen LogP) is 12.6. The molecule has 0 bridgehead atoms. The monoisotopic (exact) mass is 1020 g/mol. The lowest BCUT2D eigenvalue weighted by Crippen LogP contribution is -2.79. The van der Waals surface area contributed by atoms with Gasteiger partial charge in [-0.25, -0.2) is 13.6 Å². The van der Waals surface area contributed by atoms with Gasteiger partial charge in [0.1, 0.15) is 0 Å². The first-order valence-corrected chi connectivity index (χ1v) is 16.0. The quantitative estimate of drug-likeness (QED) is 0.0445. The van der Waals surface area contributed by atoms with Gasteiger partial charge < -0.3 is 9.47 Å². The number of carbonyl (C=O) groups is 1. The van der Waals surface area contributed by atoms with Gasteiger partial charge in [-0.15, -0.1) is 0 Å². The number of nitro benzene ring substituents is 2. The zero-order chi connectivity index (χ0) is 51.8. The molecule has 37 heteroatoms.